The molecule has 3 nitrogen and oxygen atoms in total. The van der Waals surface area contributed by atoms with Crippen molar-refractivity contribution in [1.82, 2.24) is 4.57 Å². The third-order valence-corrected chi connectivity index (χ3v) is 4.45. The second-order valence-electron chi connectivity index (χ2n) is 4.97. The van der Waals surface area contributed by atoms with Crippen molar-refractivity contribution in [2.45, 2.75) is 32.4 Å². The van der Waals surface area contributed by atoms with Gasteiger partial charge in [-0.1, -0.05) is 12.1 Å². The maximum atomic E-state index is 13.7. The summed E-state index contributed by atoms with van der Waals surface area (Å²) in [5.41, 5.74) is 1.52. The summed E-state index contributed by atoms with van der Waals surface area (Å²) in [5.74, 6) is -0.290. The minimum absolute atomic E-state index is 0.253. The summed E-state index contributed by atoms with van der Waals surface area (Å²) >= 11 is 1.54. The lowest BCUT2D eigenvalue weighted by Crippen LogP contribution is -2.24. The van der Waals surface area contributed by atoms with Gasteiger partial charge in [0.15, 0.2) is 4.80 Å². The van der Waals surface area contributed by atoms with E-state index in [2.05, 4.69) is 14.9 Å². The number of nitrogens with zero attached hydrogens (tertiary/aromatic N) is 2. The largest absolute Gasteiger partial charge is 0.376 e. The first-order chi connectivity index (χ1) is 9.74. The van der Waals surface area contributed by atoms with Crippen LogP contribution >= 0.6 is 11.3 Å². The van der Waals surface area contributed by atoms with E-state index in [-0.39, 0.29) is 11.9 Å². The van der Waals surface area contributed by atoms with E-state index in [1.807, 2.05) is 6.92 Å². The van der Waals surface area contributed by atoms with Gasteiger partial charge in [0, 0.05) is 17.7 Å². The molecule has 0 aliphatic carbocycles. The van der Waals surface area contributed by atoms with Gasteiger partial charge in [0.1, 0.15) is 11.5 Å². The van der Waals surface area contributed by atoms with Crippen LogP contribution in [0.15, 0.2) is 34.6 Å². The van der Waals surface area contributed by atoms with E-state index < -0.39 is 0 Å². The zero-order valence-corrected chi connectivity index (χ0v) is 12.2. The van der Waals surface area contributed by atoms with Crippen molar-refractivity contribution in [1.29, 1.82) is 0 Å². The minimum atomic E-state index is -0.290. The molecule has 1 aliphatic heterocycles. The average molecular weight is 292 g/mol. The standard InChI is InChI=1S/C15H17FN2OS/c1-11-10-20-15(17-14-7-3-2-6-13(14)16)18(11)9-12-5-4-8-19-12/h2-3,6-7,10,12H,4-5,8-9H2,1H3. The molecule has 5 heteroatoms. The number of aromatic nitrogens is 1. The van der Waals surface area contributed by atoms with Crippen molar-refractivity contribution >= 4 is 17.0 Å². The van der Waals surface area contributed by atoms with Crippen LogP contribution in [0, 0.1) is 12.7 Å². The molecule has 3 rings (SSSR count). The third-order valence-electron chi connectivity index (χ3n) is 3.47. The molecule has 0 radical (unpaired) electrons. The Morgan fingerprint density at radius 2 is 2.30 bits per heavy atom. The summed E-state index contributed by atoms with van der Waals surface area (Å²) in [6.45, 7) is 3.68. The molecule has 0 saturated carbocycles. The first-order valence-electron chi connectivity index (χ1n) is 6.80. The molecule has 1 saturated heterocycles. The number of rotatable bonds is 3. The first-order valence-corrected chi connectivity index (χ1v) is 7.68. The quantitative estimate of drug-likeness (QED) is 0.851. The highest BCUT2D eigenvalue weighted by molar-refractivity contribution is 7.07. The normalized spacial score (nSPS) is 19.7. The van der Waals surface area contributed by atoms with Gasteiger partial charge >= 0.3 is 0 Å². The highest BCUT2D eigenvalue weighted by atomic mass is 32.1. The number of aryl methyl sites for hydroxylation is 1. The van der Waals surface area contributed by atoms with Crippen molar-refractivity contribution in [3.05, 3.63) is 46.0 Å². The summed E-state index contributed by atoms with van der Waals surface area (Å²) < 4.78 is 21.5. The van der Waals surface area contributed by atoms with Crippen LogP contribution < -0.4 is 4.80 Å². The topological polar surface area (TPSA) is 26.5 Å². The lowest BCUT2D eigenvalue weighted by atomic mass is 10.2. The van der Waals surface area contributed by atoms with E-state index in [4.69, 9.17) is 4.74 Å². The maximum Gasteiger partial charge on any atom is 0.190 e. The molecular weight excluding hydrogens is 275 g/mol. The van der Waals surface area contributed by atoms with Gasteiger partial charge < -0.3 is 9.30 Å². The second-order valence-corrected chi connectivity index (χ2v) is 5.81. The number of hydrogen-bond acceptors (Lipinski definition) is 3. The molecule has 106 valence electrons. The van der Waals surface area contributed by atoms with Gasteiger partial charge in [-0.25, -0.2) is 9.38 Å². The van der Waals surface area contributed by atoms with Crippen LogP contribution in [0.5, 0.6) is 0 Å². The van der Waals surface area contributed by atoms with Gasteiger partial charge in [-0.2, -0.15) is 0 Å². The fourth-order valence-corrected chi connectivity index (χ4v) is 3.26. The van der Waals surface area contributed by atoms with Gasteiger partial charge in [-0.3, -0.25) is 0 Å². The van der Waals surface area contributed by atoms with Gasteiger partial charge in [-0.05, 0) is 31.9 Å². The Morgan fingerprint density at radius 1 is 1.45 bits per heavy atom. The number of benzene rings is 1. The zero-order valence-electron chi connectivity index (χ0n) is 11.4. The van der Waals surface area contributed by atoms with Crippen LogP contribution in [-0.4, -0.2) is 17.3 Å². The number of para-hydroxylation sites is 1. The smallest absolute Gasteiger partial charge is 0.190 e. The van der Waals surface area contributed by atoms with Crippen molar-refractivity contribution in [2.24, 2.45) is 4.99 Å². The summed E-state index contributed by atoms with van der Waals surface area (Å²) in [6.07, 6.45) is 2.46. The van der Waals surface area contributed by atoms with Crippen LogP contribution in [0.4, 0.5) is 10.1 Å². The monoisotopic (exact) mass is 292 g/mol. The average Bonchev–Trinajstić information content (AvgIpc) is 3.06. The molecule has 0 bridgehead atoms. The van der Waals surface area contributed by atoms with Gasteiger partial charge in [-0.15, -0.1) is 11.3 Å². The molecule has 20 heavy (non-hydrogen) atoms. The van der Waals surface area contributed by atoms with Crippen molar-refractivity contribution < 1.29 is 9.13 Å². The predicted octanol–water partition coefficient (Wildman–Crippen LogP) is 3.41. The van der Waals surface area contributed by atoms with E-state index in [1.165, 1.54) is 17.4 Å². The van der Waals surface area contributed by atoms with Crippen LogP contribution in [0.2, 0.25) is 0 Å². The minimum Gasteiger partial charge on any atom is -0.376 e. The molecule has 1 atom stereocenters. The molecule has 1 unspecified atom stereocenters. The first kappa shape index (κ1) is 13.5. The molecular formula is C15H17FN2OS. The van der Waals surface area contributed by atoms with E-state index in [9.17, 15) is 4.39 Å². The van der Waals surface area contributed by atoms with Gasteiger partial charge in [0.25, 0.3) is 0 Å². The lowest BCUT2D eigenvalue weighted by Gasteiger charge is -2.12. The number of ether oxygens (including phenoxy) is 1. The maximum absolute atomic E-state index is 13.7. The van der Waals surface area contributed by atoms with Crippen molar-refractivity contribution in [2.75, 3.05) is 6.61 Å². The number of halogens is 1. The predicted molar refractivity (Wildman–Crippen MR) is 77.6 cm³/mol. The highest BCUT2D eigenvalue weighted by Crippen LogP contribution is 2.17. The lowest BCUT2D eigenvalue weighted by molar-refractivity contribution is 0.0959. The Kier molecular flexibility index (Phi) is 3.98. The summed E-state index contributed by atoms with van der Waals surface area (Å²) in [5, 5.41) is 2.05. The Labute approximate surface area is 121 Å². The second kappa shape index (κ2) is 5.89. The van der Waals surface area contributed by atoms with Gasteiger partial charge in [0.05, 0.1) is 12.6 Å². The van der Waals surface area contributed by atoms with E-state index in [0.29, 0.717) is 5.69 Å². The molecule has 0 spiro atoms. The molecule has 1 aromatic carbocycles. The highest BCUT2D eigenvalue weighted by Gasteiger charge is 2.17. The molecule has 1 aliphatic rings. The van der Waals surface area contributed by atoms with Crippen LogP contribution in [0.25, 0.3) is 0 Å². The molecule has 2 heterocycles. The Hall–Kier alpha value is -1.46. The SMILES string of the molecule is Cc1csc(=Nc2ccccc2F)n1CC1CCCO1. The van der Waals surface area contributed by atoms with Gasteiger partial charge in [0.2, 0.25) is 0 Å². The van der Waals surface area contributed by atoms with Crippen LogP contribution in [0.1, 0.15) is 18.5 Å². The molecule has 0 amide bonds. The summed E-state index contributed by atoms with van der Waals surface area (Å²) in [6, 6.07) is 6.60. The fraction of sp³-hybridized carbons (Fsp3) is 0.400. The molecule has 0 N–H and O–H groups in total. The molecule has 1 aromatic heterocycles. The van der Waals surface area contributed by atoms with E-state index in [1.54, 1.807) is 18.2 Å². The Balaban J connectivity index is 1.95. The summed E-state index contributed by atoms with van der Waals surface area (Å²) in [4.78, 5) is 5.28. The number of hydrogen-bond donors (Lipinski definition) is 0. The van der Waals surface area contributed by atoms with Crippen LogP contribution in [0.3, 0.4) is 0 Å². The van der Waals surface area contributed by atoms with E-state index >= 15 is 0 Å². The van der Waals surface area contributed by atoms with Crippen molar-refractivity contribution in [3.8, 4) is 0 Å². The Bertz CT molecular complexity index is 656. The Morgan fingerprint density at radius 3 is 3.05 bits per heavy atom. The van der Waals surface area contributed by atoms with Crippen LogP contribution in [-0.2, 0) is 11.3 Å². The fourth-order valence-electron chi connectivity index (χ4n) is 2.36. The van der Waals surface area contributed by atoms with Crippen molar-refractivity contribution in [3.63, 3.8) is 0 Å². The van der Waals surface area contributed by atoms with E-state index in [0.717, 1.165) is 36.5 Å². The third kappa shape index (κ3) is 2.83. The molecule has 1 fully saturated rings. The molecule has 2 aromatic rings. The summed E-state index contributed by atoms with van der Waals surface area (Å²) in [7, 11) is 0. The zero-order chi connectivity index (χ0) is 13.9. The number of thiazole rings is 1.